The third-order valence-electron chi connectivity index (χ3n) is 4.94. The molecule has 8 heteroatoms. The molecule has 0 aromatic carbocycles. The first-order chi connectivity index (χ1) is 10.7. The van der Waals surface area contributed by atoms with Crippen LogP contribution in [0.1, 0.15) is 25.2 Å². The summed E-state index contributed by atoms with van der Waals surface area (Å²) < 4.78 is 10.5. The summed E-state index contributed by atoms with van der Waals surface area (Å²) in [4.78, 5) is 18.1. The smallest absolute Gasteiger partial charge is 0.311 e. The molecule has 0 radical (unpaired) electrons. The molecule has 0 unspecified atom stereocenters. The van der Waals surface area contributed by atoms with E-state index in [0.717, 1.165) is 25.8 Å². The van der Waals surface area contributed by atoms with E-state index in [2.05, 4.69) is 15.0 Å². The molecular formula is C15H18ClN3O4. The van der Waals surface area contributed by atoms with Crippen LogP contribution in [0.4, 0.5) is 0 Å². The van der Waals surface area contributed by atoms with E-state index in [-0.39, 0.29) is 18.3 Å². The van der Waals surface area contributed by atoms with E-state index < -0.39 is 11.4 Å². The Morgan fingerprint density at radius 3 is 3.09 bits per heavy atom. The summed E-state index contributed by atoms with van der Waals surface area (Å²) in [6.45, 7) is 1.83. The first kappa shape index (κ1) is 16.0. The fourth-order valence-electron chi connectivity index (χ4n) is 3.88. The molecule has 1 saturated heterocycles. The van der Waals surface area contributed by atoms with E-state index >= 15 is 0 Å². The van der Waals surface area contributed by atoms with Gasteiger partial charge in [-0.2, -0.15) is 4.98 Å². The Bertz CT molecular complexity index is 687. The van der Waals surface area contributed by atoms with Gasteiger partial charge in [0.15, 0.2) is 5.76 Å². The van der Waals surface area contributed by atoms with Crippen molar-refractivity contribution in [2.45, 2.75) is 25.8 Å². The minimum atomic E-state index is -0.667. The predicted molar refractivity (Wildman–Crippen MR) is 81.9 cm³/mol. The van der Waals surface area contributed by atoms with Gasteiger partial charge < -0.3 is 14.0 Å². The van der Waals surface area contributed by atoms with Crippen LogP contribution in [0.5, 0.6) is 0 Å². The monoisotopic (exact) mass is 339 g/mol. The zero-order valence-electron chi connectivity index (χ0n) is 12.5. The number of halogens is 1. The van der Waals surface area contributed by atoms with E-state index in [9.17, 15) is 9.90 Å². The molecule has 7 nitrogen and oxygen atoms in total. The second kappa shape index (κ2) is 5.98. The maximum absolute atomic E-state index is 11.7. The van der Waals surface area contributed by atoms with Crippen molar-refractivity contribution in [2.24, 2.45) is 11.3 Å². The van der Waals surface area contributed by atoms with Gasteiger partial charge in [0.2, 0.25) is 11.7 Å². The molecule has 4 rings (SSSR count). The van der Waals surface area contributed by atoms with Crippen LogP contribution in [-0.2, 0) is 11.3 Å². The lowest BCUT2D eigenvalue weighted by Crippen LogP contribution is -2.35. The highest BCUT2D eigenvalue weighted by Crippen LogP contribution is 2.49. The normalized spacial score (nSPS) is 26.9. The first-order valence-corrected chi connectivity index (χ1v) is 7.49. The predicted octanol–water partition coefficient (Wildman–Crippen LogP) is 2.44. The summed E-state index contributed by atoms with van der Waals surface area (Å²) in [5.74, 6) is 1.05. The topological polar surface area (TPSA) is 92.6 Å². The lowest BCUT2D eigenvalue weighted by atomic mass is 9.81. The van der Waals surface area contributed by atoms with Gasteiger partial charge in [0.1, 0.15) is 0 Å². The first-order valence-electron chi connectivity index (χ1n) is 7.49. The second-order valence-electron chi connectivity index (χ2n) is 6.21. The zero-order chi connectivity index (χ0) is 15.2. The van der Waals surface area contributed by atoms with E-state index in [1.165, 1.54) is 0 Å². The van der Waals surface area contributed by atoms with Gasteiger partial charge in [-0.15, -0.1) is 12.4 Å². The number of hydrogen-bond acceptors (Lipinski definition) is 6. The summed E-state index contributed by atoms with van der Waals surface area (Å²) in [6, 6.07) is 3.54. The molecule has 1 saturated carbocycles. The highest BCUT2D eigenvalue weighted by molar-refractivity contribution is 5.85. The molecule has 124 valence electrons. The Labute approximate surface area is 139 Å². The molecule has 1 aliphatic carbocycles. The van der Waals surface area contributed by atoms with Gasteiger partial charge in [0.05, 0.1) is 18.2 Å². The zero-order valence-corrected chi connectivity index (χ0v) is 13.3. The van der Waals surface area contributed by atoms with Gasteiger partial charge in [-0.3, -0.25) is 9.69 Å². The minimum Gasteiger partial charge on any atom is -0.481 e. The number of nitrogens with zero attached hydrogens (tertiary/aromatic N) is 3. The molecule has 0 bridgehead atoms. The Hall–Kier alpha value is -1.86. The molecule has 2 aromatic rings. The lowest BCUT2D eigenvalue weighted by Gasteiger charge is -2.23. The molecule has 2 fully saturated rings. The number of hydrogen-bond donors (Lipinski definition) is 1. The fourth-order valence-corrected chi connectivity index (χ4v) is 3.88. The van der Waals surface area contributed by atoms with Gasteiger partial charge >= 0.3 is 5.97 Å². The highest BCUT2D eigenvalue weighted by atomic mass is 35.5. The van der Waals surface area contributed by atoms with Crippen LogP contribution in [-0.4, -0.2) is 39.2 Å². The Balaban J connectivity index is 0.00000156. The van der Waals surface area contributed by atoms with Crippen molar-refractivity contribution in [1.29, 1.82) is 0 Å². The maximum Gasteiger partial charge on any atom is 0.311 e. The fraction of sp³-hybridized carbons (Fsp3) is 0.533. The SMILES string of the molecule is Cl.O=C(O)[C@@]12CCC[C@H]1CN(Cc1nc(-c3ccco3)no1)C2. The Kier molecular flexibility index (Phi) is 4.16. The molecule has 2 aliphatic rings. The second-order valence-corrected chi connectivity index (χ2v) is 6.21. The van der Waals surface area contributed by atoms with Crippen LogP contribution in [0.2, 0.25) is 0 Å². The molecule has 2 atom stereocenters. The van der Waals surface area contributed by atoms with Crippen LogP contribution >= 0.6 is 12.4 Å². The van der Waals surface area contributed by atoms with Crippen LogP contribution in [0.3, 0.4) is 0 Å². The largest absolute Gasteiger partial charge is 0.481 e. The van der Waals surface area contributed by atoms with E-state index in [1.807, 2.05) is 0 Å². The van der Waals surface area contributed by atoms with Gasteiger partial charge in [0.25, 0.3) is 0 Å². The van der Waals surface area contributed by atoms with E-state index in [0.29, 0.717) is 30.6 Å². The summed E-state index contributed by atoms with van der Waals surface area (Å²) in [7, 11) is 0. The number of likely N-dealkylation sites (tertiary alicyclic amines) is 1. The van der Waals surface area contributed by atoms with Crippen LogP contribution in [0.15, 0.2) is 27.3 Å². The Morgan fingerprint density at radius 1 is 1.52 bits per heavy atom. The minimum absolute atomic E-state index is 0. The molecule has 1 N–H and O–H groups in total. The van der Waals surface area contributed by atoms with Crippen LogP contribution < -0.4 is 0 Å². The molecule has 0 amide bonds. The summed E-state index contributed by atoms with van der Waals surface area (Å²) >= 11 is 0. The number of carboxylic acids is 1. The van der Waals surface area contributed by atoms with Crippen molar-refractivity contribution in [3.63, 3.8) is 0 Å². The number of aliphatic carboxylic acids is 1. The van der Waals surface area contributed by atoms with Crippen LogP contribution in [0.25, 0.3) is 11.6 Å². The van der Waals surface area contributed by atoms with Gasteiger partial charge in [-0.05, 0) is 30.9 Å². The van der Waals surface area contributed by atoms with Gasteiger partial charge in [-0.25, -0.2) is 0 Å². The summed E-state index contributed by atoms with van der Waals surface area (Å²) in [5.41, 5.74) is -0.580. The van der Waals surface area contributed by atoms with Crippen molar-refractivity contribution in [1.82, 2.24) is 15.0 Å². The summed E-state index contributed by atoms with van der Waals surface area (Å²) in [6.07, 6.45) is 4.33. The molecule has 3 heterocycles. The quantitative estimate of drug-likeness (QED) is 0.914. The molecule has 1 aliphatic heterocycles. The molecule has 2 aromatic heterocycles. The van der Waals surface area contributed by atoms with Crippen molar-refractivity contribution >= 4 is 18.4 Å². The average molecular weight is 340 g/mol. The average Bonchev–Trinajstić information content (AvgIpc) is 3.22. The third kappa shape index (κ3) is 2.64. The maximum atomic E-state index is 11.7. The molecule has 0 spiro atoms. The molecular weight excluding hydrogens is 322 g/mol. The molecule has 23 heavy (non-hydrogen) atoms. The number of carboxylic acid groups (broad SMARTS) is 1. The summed E-state index contributed by atoms with van der Waals surface area (Å²) in [5, 5.41) is 13.5. The number of furan rings is 1. The van der Waals surface area contributed by atoms with Crippen molar-refractivity contribution in [3.8, 4) is 11.6 Å². The lowest BCUT2D eigenvalue weighted by molar-refractivity contribution is -0.149. The van der Waals surface area contributed by atoms with Crippen LogP contribution in [0, 0.1) is 11.3 Å². The number of fused-ring (bicyclic) bond motifs is 1. The third-order valence-corrected chi connectivity index (χ3v) is 4.94. The number of aromatic nitrogens is 2. The Morgan fingerprint density at radius 2 is 2.39 bits per heavy atom. The highest BCUT2D eigenvalue weighted by Gasteiger charge is 2.54. The van der Waals surface area contributed by atoms with Gasteiger partial charge in [-0.1, -0.05) is 11.6 Å². The van der Waals surface area contributed by atoms with Crippen molar-refractivity contribution < 1.29 is 18.8 Å². The number of rotatable bonds is 4. The number of carbonyl (C=O) groups is 1. The van der Waals surface area contributed by atoms with Gasteiger partial charge in [0, 0.05) is 13.1 Å². The van der Waals surface area contributed by atoms with E-state index in [1.54, 1.807) is 18.4 Å². The standard InChI is InChI=1S/C15H17N3O4.ClH/c19-14(20)15-5-1-3-10(15)7-18(9-15)8-12-16-13(17-22-12)11-4-2-6-21-11;/h2,4,6,10H,1,3,5,7-9H2,(H,19,20);1H/t10-,15+;/m0./s1. The van der Waals surface area contributed by atoms with E-state index in [4.69, 9.17) is 8.94 Å². The van der Waals surface area contributed by atoms with Crippen molar-refractivity contribution in [3.05, 3.63) is 24.3 Å². The van der Waals surface area contributed by atoms with Crippen molar-refractivity contribution in [2.75, 3.05) is 13.1 Å².